The monoisotopic (exact) mass is 318 g/mol. The first kappa shape index (κ1) is 15.0. The van der Waals surface area contributed by atoms with Gasteiger partial charge in [0.1, 0.15) is 5.54 Å². The van der Waals surface area contributed by atoms with E-state index in [2.05, 4.69) is 6.07 Å². The standard InChI is InChI=1S/C15H18N4O2S/c1-17-7-8-19(6-4-16)15(14(17)21)3-5-18(11-15)13(20)12-2-9-22-10-12/h2,9-10H,3,5-8,11H2,1H3. The smallest absolute Gasteiger partial charge is 0.254 e. The zero-order valence-corrected chi connectivity index (χ0v) is 13.3. The Morgan fingerprint density at radius 2 is 2.27 bits per heavy atom. The first-order chi connectivity index (χ1) is 10.6. The zero-order valence-electron chi connectivity index (χ0n) is 12.5. The van der Waals surface area contributed by atoms with E-state index in [9.17, 15) is 9.59 Å². The fourth-order valence-electron chi connectivity index (χ4n) is 3.36. The van der Waals surface area contributed by atoms with Crippen molar-refractivity contribution in [3.05, 3.63) is 22.4 Å². The van der Waals surface area contributed by atoms with Crippen molar-refractivity contribution in [1.82, 2.24) is 14.7 Å². The third kappa shape index (κ3) is 2.28. The highest BCUT2D eigenvalue weighted by atomic mass is 32.1. The summed E-state index contributed by atoms with van der Waals surface area (Å²) in [5, 5.41) is 12.7. The second kappa shape index (κ2) is 5.71. The molecule has 2 amide bonds. The van der Waals surface area contributed by atoms with Crippen LogP contribution in [0.4, 0.5) is 0 Å². The van der Waals surface area contributed by atoms with Crippen molar-refractivity contribution in [2.45, 2.75) is 12.0 Å². The number of carbonyl (C=O) groups is 2. The molecule has 2 saturated heterocycles. The Morgan fingerprint density at radius 3 is 2.95 bits per heavy atom. The molecule has 1 aromatic rings. The number of amides is 2. The minimum atomic E-state index is -0.728. The lowest BCUT2D eigenvalue weighted by atomic mass is 9.91. The van der Waals surface area contributed by atoms with Gasteiger partial charge in [-0.2, -0.15) is 16.6 Å². The summed E-state index contributed by atoms with van der Waals surface area (Å²) in [6.07, 6.45) is 0.591. The topological polar surface area (TPSA) is 67.7 Å². The molecule has 7 heteroatoms. The molecule has 3 heterocycles. The predicted octanol–water partition coefficient (Wildman–Crippen LogP) is 0.630. The Morgan fingerprint density at radius 1 is 1.45 bits per heavy atom. The van der Waals surface area contributed by atoms with E-state index in [0.717, 1.165) is 0 Å². The first-order valence-corrected chi connectivity index (χ1v) is 8.22. The maximum atomic E-state index is 12.7. The van der Waals surface area contributed by atoms with Crippen LogP contribution in [0.1, 0.15) is 16.8 Å². The van der Waals surface area contributed by atoms with Crippen molar-refractivity contribution in [1.29, 1.82) is 5.26 Å². The molecule has 3 rings (SSSR count). The molecular weight excluding hydrogens is 300 g/mol. The summed E-state index contributed by atoms with van der Waals surface area (Å²) in [6.45, 7) is 2.44. The van der Waals surface area contributed by atoms with Gasteiger partial charge in [-0.1, -0.05) is 0 Å². The molecule has 1 aromatic heterocycles. The fourth-order valence-corrected chi connectivity index (χ4v) is 3.99. The molecule has 0 N–H and O–H groups in total. The van der Waals surface area contributed by atoms with Gasteiger partial charge < -0.3 is 9.80 Å². The summed E-state index contributed by atoms with van der Waals surface area (Å²) in [4.78, 5) is 30.6. The van der Waals surface area contributed by atoms with E-state index in [-0.39, 0.29) is 18.4 Å². The van der Waals surface area contributed by atoms with Gasteiger partial charge in [-0.05, 0) is 17.9 Å². The van der Waals surface area contributed by atoms with Crippen LogP contribution >= 0.6 is 11.3 Å². The van der Waals surface area contributed by atoms with E-state index < -0.39 is 5.54 Å². The van der Waals surface area contributed by atoms with Crippen LogP contribution < -0.4 is 0 Å². The number of hydrogen-bond donors (Lipinski definition) is 0. The lowest BCUT2D eigenvalue weighted by Gasteiger charge is -2.45. The number of carbonyl (C=O) groups excluding carboxylic acids is 2. The van der Waals surface area contributed by atoms with Crippen LogP contribution in [-0.2, 0) is 4.79 Å². The predicted molar refractivity (Wildman–Crippen MR) is 82.4 cm³/mol. The molecule has 2 fully saturated rings. The molecule has 116 valence electrons. The van der Waals surface area contributed by atoms with E-state index in [0.29, 0.717) is 38.2 Å². The van der Waals surface area contributed by atoms with Gasteiger partial charge in [-0.25, -0.2) is 0 Å². The normalized spacial score (nSPS) is 25.7. The molecule has 0 saturated carbocycles. The summed E-state index contributed by atoms with van der Waals surface area (Å²) in [5.41, 5.74) is -0.0560. The van der Waals surface area contributed by atoms with Gasteiger partial charge in [-0.15, -0.1) is 0 Å². The zero-order chi connectivity index (χ0) is 15.7. The minimum Gasteiger partial charge on any atom is -0.343 e. The lowest BCUT2D eigenvalue weighted by Crippen LogP contribution is -2.66. The van der Waals surface area contributed by atoms with Gasteiger partial charge >= 0.3 is 0 Å². The Hall–Kier alpha value is -1.91. The number of likely N-dealkylation sites (N-methyl/N-ethyl adjacent to an activating group) is 1. The average Bonchev–Trinajstić information content (AvgIpc) is 3.18. The largest absolute Gasteiger partial charge is 0.343 e. The van der Waals surface area contributed by atoms with Crippen LogP contribution in [0.15, 0.2) is 16.8 Å². The highest BCUT2D eigenvalue weighted by molar-refractivity contribution is 7.08. The van der Waals surface area contributed by atoms with Gasteiger partial charge in [0.05, 0.1) is 18.2 Å². The minimum absolute atomic E-state index is 0.0228. The van der Waals surface area contributed by atoms with Crippen molar-refractivity contribution >= 4 is 23.2 Å². The van der Waals surface area contributed by atoms with Crippen molar-refractivity contribution in [2.75, 3.05) is 39.8 Å². The number of likely N-dealkylation sites (tertiary alicyclic amines) is 1. The van der Waals surface area contributed by atoms with Crippen LogP contribution in [0.5, 0.6) is 0 Å². The van der Waals surface area contributed by atoms with Crippen molar-refractivity contribution in [3.8, 4) is 6.07 Å². The Labute approximate surface area is 133 Å². The summed E-state index contributed by atoms with van der Waals surface area (Å²) >= 11 is 1.49. The van der Waals surface area contributed by atoms with Crippen LogP contribution in [-0.4, -0.2) is 71.8 Å². The van der Waals surface area contributed by atoms with Crippen LogP contribution in [0.2, 0.25) is 0 Å². The molecular formula is C15H18N4O2S. The SMILES string of the molecule is CN1CCN(CC#N)C2(CCN(C(=O)c3ccsc3)C2)C1=O. The van der Waals surface area contributed by atoms with Gasteiger partial charge in [0.15, 0.2) is 0 Å². The molecule has 1 unspecified atom stereocenters. The van der Waals surface area contributed by atoms with Gasteiger partial charge in [0.25, 0.3) is 5.91 Å². The molecule has 1 spiro atoms. The van der Waals surface area contributed by atoms with Crippen LogP contribution in [0.25, 0.3) is 0 Å². The van der Waals surface area contributed by atoms with Crippen LogP contribution in [0, 0.1) is 11.3 Å². The summed E-state index contributed by atoms with van der Waals surface area (Å²) in [6, 6.07) is 3.95. The second-order valence-corrected chi connectivity index (χ2v) is 6.61. The van der Waals surface area contributed by atoms with Crippen molar-refractivity contribution in [2.24, 2.45) is 0 Å². The number of hydrogen-bond acceptors (Lipinski definition) is 5. The van der Waals surface area contributed by atoms with E-state index in [4.69, 9.17) is 5.26 Å². The average molecular weight is 318 g/mol. The molecule has 0 bridgehead atoms. The molecule has 1 atom stereocenters. The number of piperazine rings is 1. The Balaban J connectivity index is 1.84. The van der Waals surface area contributed by atoms with Gasteiger partial charge in [0, 0.05) is 38.6 Å². The molecule has 0 aromatic carbocycles. The number of nitriles is 1. The van der Waals surface area contributed by atoms with Gasteiger partial charge in [0.2, 0.25) is 5.91 Å². The maximum absolute atomic E-state index is 12.7. The van der Waals surface area contributed by atoms with Crippen molar-refractivity contribution in [3.63, 3.8) is 0 Å². The summed E-state index contributed by atoms with van der Waals surface area (Å²) < 4.78 is 0. The molecule has 6 nitrogen and oxygen atoms in total. The third-order valence-corrected chi connectivity index (χ3v) is 5.30. The second-order valence-electron chi connectivity index (χ2n) is 5.83. The highest BCUT2D eigenvalue weighted by Crippen LogP contribution is 2.33. The van der Waals surface area contributed by atoms with Crippen molar-refractivity contribution < 1.29 is 9.59 Å². The molecule has 2 aliphatic heterocycles. The highest BCUT2D eigenvalue weighted by Gasteiger charge is 2.53. The third-order valence-electron chi connectivity index (χ3n) is 4.62. The molecule has 2 aliphatic rings. The lowest BCUT2D eigenvalue weighted by molar-refractivity contribution is -0.148. The maximum Gasteiger partial charge on any atom is 0.254 e. The fraction of sp³-hybridized carbons (Fsp3) is 0.533. The van der Waals surface area contributed by atoms with Crippen LogP contribution in [0.3, 0.4) is 0 Å². The van der Waals surface area contributed by atoms with E-state index in [1.54, 1.807) is 22.9 Å². The molecule has 0 radical (unpaired) electrons. The first-order valence-electron chi connectivity index (χ1n) is 7.27. The Bertz CT molecular complexity index is 624. The van der Waals surface area contributed by atoms with E-state index in [1.165, 1.54) is 11.3 Å². The number of thiophene rings is 1. The quantitative estimate of drug-likeness (QED) is 0.750. The Kier molecular flexibility index (Phi) is 3.89. The van der Waals surface area contributed by atoms with E-state index >= 15 is 0 Å². The summed E-state index contributed by atoms with van der Waals surface area (Å²) in [7, 11) is 1.79. The number of nitrogens with zero attached hydrogens (tertiary/aromatic N) is 4. The van der Waals surface area contributed by atoms with E-state index in [1.807, 2.05) is 15.7 Å². The molecule has 0 aliphatic carbocycles. The number of rotatable bonds is 2. The molecule has 22 heavy (non-hydrogen) atoms. The van der Waals surface area contributed by atoms with Gasteiger partial charge in [-0.3, -0.25) is 14.5 Å². The summed E-state index contributed by atoms with van der Waals surface area (Å²) in [5.74, 6) is -0.00863.